The first-order chi connectivity index (χ1) is 8.74. The summed E-state index contributed by atoms with van der Waals surface area (Å²) in [5.41, 5.74) is 0. The number of hydrogen-bond acceptors (Lipinski definition) is 6. The first-order valence-corrected chi connectivity index (χ1v) is 6.66. The molecule has 1 atom stereocenters. The van der Waals surface area contributed by atoms with Gasteiger partial charge in [0, 0.05) is 20.8 Å². The number of rotatable bonds is 6. The Kier molecular flexibility index (Phi) is 4.71. The molecule has 2 heterocycles. The van der Waals surface area contributed by atoms with E-state index in [2.05, 4.69) is 15.3 Å². The van der Waals surface area contributed by atoms with E-state index in [0.717, 1.165) is 16.0 Å². The van der Waals surface area contributed by atoms with Crippen molar-refractivity contribution in [3.63, 3.8) is 0 Å². The topological polar surface area (TPSA) is 56.3 Å². The van der Waals surface area contributed by atoms with Gasteiger partial charge in [-0.3, -0.25) is 0 Å². The third-order valence-corrected chi connectivity index (χ3v) is 3.46. The van der Waals surface area contributed by atoms with Gasteiger partial charge in [-0.2, -0.15) is 0 Å². The van der Waals surface area contributed by atoms with Crippen molar-refractivity contribution >= 4 is 39.0 Å². The molecule has 0 saturated heterocycles. The van der Waals surface area contributed by atoms with E-state index in [9.17, 15) is 0 Å². The predicted molar refractivity (Wildman–Crippen MR) is 73.6 cm³/mol. The predicted octanol–water partition coefficient (Wildman–Crippen LogP) is 2.42. The maximum atomic E-state index is 5.88. The highest BCUT2D eigenvalue weighted by Gasteiger charge is 2.11. The largest absolute Gasteiger partial charge is 0.382 e. The number of aromatic nitrogens is 2. The summed E-state index contributed by atoms with van der Waals surface area (Å²) < 4.78 is 10.3. The van der Waals surface area contributed by atoms with Gasteiger partial charge in [0.05, 0.1) is 18.1 Å². The molecule has 0 aliphatic rings. The third-order valence-electron chi connectivity index (χ3n) is 2.48. The normalized spacial score (nSPS) is 12.8. The van der Waals surface area contributed by atoms with Gasteiger partial charge in [0.2, 0.25) is 5.28 Å². The molecule has 0 radical (unpaired) electrons. The average molecular weight is 288 g/mol. The summed E-state index contributed by atoms with van der Waals surface area (Å²) in [4.78, 5) is 9.22. The second-order valence-corrected chi connectivity index (χ2v) is 4.91. The molecule has 0 aliphatic carbocycles. The van der Waals surface area contributed by atoms with Crippen molar-refractivity contribution in [1.82, 2.24) is 9.97 Å². The summed E-state index contributed by atoms with van der Waals surface area (Å²) in [5.74, 6) is 0.726. The molecule has 2 aromatic heterocycles. The van der Waals surface area contributed by atoms with E-state index in [1.165, 1.54) is 11.3 Å². The molecule has 1 unspecified atom stereocenters. The van der Waals surface area contributed by atoms with Crippen molar-refractivity contribution in [1.29, 1.82) is 0 Å². The summed E-state index contributed by atoms with van der Waals surface area (Å²) in [6.45, 7) is 1.12. The zero-order valence-corrected chi connectivity index (χ0v) is 11.7. The fourth-order valence-corrected chi connectivity index (χ4v) is 2.55. The minimum Gasteiger partial charge on any atom is -0.382 e. The van der Waals surface area contributed by atoms with Gasteiger partial charge in [-0.05, 0) is 23.0 Å². The lowest BCUT2D eigenvalue weighted by atomic mass is 10.3. The van der Waals surface area contributed by atoms with Gasteiger partial charge in [0.1, 0.15) is 10.6 Å². The number of ether oxygens (including phenoxy) is 2. The molecule has 98 valence electrons. The first-order valence-electron chi connectivity index (χ1n) is 5.41. The van der Waals surface area contributed by atoms with Crippen molar-refractivity contribution in [2.75, 3.05) is 32.7 Å². The van der Waals surface area contributed by atoms with E-state index in [4.69, 9.17) is 21.1 Å². The molecule has 1 N–H and O–H groups in total. The van der Waals surface area contributed by atoms with Crippen LogP contribution in [0.25, 0.3) is 10.2 Å². The van der Waals surface area contributed by atoms with Gasteiger partial charge in [0.15, 0.2) is 0 Å². The Labute approximate surface area is 114 Å². The fraction of sp³-hybridized carbons (Fsp3) is 0.455. The standard InChI is InChI=1S/C11H14ClN3O2S/c1-16-6-7(17-2)5-13-9-8-3-4-18-10(8)15-11(12)14-9/h3-4,7H,5-6H2,1-2H3,(H,13,14,15). The highest BCUT2D eigenvalue weighted by atomic mass is 35.5. The van der Waals surface area contributed by atoms with Crippen LogP contribution in [0, 0.1) is 0 Å². The number of nitrogens with one attached hydrogen (secondary N) is 1. The van der Waals surface area contributed by atoms with Crippen LogP contribution in [0.1, 0.15) is 0 Å². The number of anilines is 1. The number of nitrogens with zero attached hydrogens (tertiary/aromatic N) is 2. The van der Waals surface area contributed by atoms with E-state index >= 15 is 0 Å². The molecule has 18 heavy (non-hydrogen) atoms. The average Bonchev–Trinajstić information content (AvgIpc) is 2.82. The van der Waals surface area contributed by atoms with Gasteiger partial charge in [-0.1, -0.05) is 0 Å². The fourth-order valence-electron chi connectivity index (χ4n) is 1.57. The number of halogens is 1. The molecule has 2 aromatic rings. The van der Waals surface area contributed by atoms with E-state index in [1.807, 2.05) is 11.4 Å². The maximum Gasteiger partial charge on any atom is 0.225 e. The molecule has 2 rings (SSSR count). The zero-order valence-electron chi connectivity index (χ0n) is 10.1. The SMILES string of the molecule is COCC(CNc1nc(Cl)nc2sccc12)OC. The monoisotopic (exact) mass is 287 g/mol. The van der Waals surface area contributed by atoms with E-state index in [1.54, 1.807) is 14.2 Å². The molecule has 0 saturated carbocycles. The number of methoxy groups -OCH3 is 2. The molecular formula is C11H14ClN3O2S. The Bertz CT molecular complexity index is 520. The molecule has 0 spiro atoms. The molecular weight excluding hydrogens is 274 g/mol. The van der Waals surface area contributed by atoms with Crippen LogP contribution in [0.3, 0.4) is 0 Å². The number of fused-ring (bicyclic) bond motifs is 1. The molecule has 0 aromatic carbocycles. The number of hydrogen-bond donors (Lipinski definition) is 1. The van der Waals surface area contributed by atoms with Gasteiger partial charge < -0.3 is 14.8 Å². The Morgan fingerprint density at radius 2 is 2.28 bits per heavy atom. The summed E-state index contributed by atoms with van der Waals surface area (Å²) in [6, 6.07) is 1.97. The highest BCUT2D eigenvalue weighted by Crippen LogP contribution is 2.26. The van der Waals surface area contributed by atoms with Crippen LogP contribution in [-0.2, 0) is 9.47 Å². The Morgan fingerprint density at radius 3 is 3.00 bits per heavy atom. The van der Waals surface area contributed by atoms with Crippen molar-refractivity contribution in [3.8, 4) is 0 Å². The lowest BCUT2D eigenvalue weighted by molar-refractivity contribution is 0.0365. The first kappa shape index (κ1) is 13.5. The van der Waals surface area contributed by atoms with Crippen molar-refractivity contribution < 1.29 is 9.47 Å². The van der Waals surface area contributed by atoms with Crippen LogP contribution in [0.2, 0.25) is 5.28 Å². The summed E-state index contributed by atoms with van der Waals surface area (Å²) >= 11 is 7.41. The number of thiophene rings is 1. The van der Waals surface area contributed by atoms with E-state index in [0.29, 0.717) is 13.2 Å². The van der Waals surface area contributed by atoms with E-state index in [-0.39, 0.29) is 11.4 Å². The smallest absolute Gasteiger partial charge is 0.225 e. The Morgan fingerprint density at radius 1 is 1.44 bits per heavy atom. The maximum absolute atomic E-state index is 5.88. The molecule has 7 heteroatoms. The lowest BCUT2D eigenvalue weighted by Gasteiger charge is -2.15. The molecule has 0 fully saturated rings. The minimum atomic E-state index is -0.0302. The molecule has 5 nitrogen and oxygen atoms in total. The Balaban J connectivity index is 2.13. The summed E-state index contributed by atoms with van der Waals surface area (Å²) in [6.07, 6.45) is -0.0302. The van der Waals surface area contributed by atoms with Crippen LogP contribution < -0.4 is 5.32 Å². The van der Waals surface area contributed by atoms with E-state index < -0.39 is 0 Å². The second-order valence-electron chi connectivity index (χ2n) is 3.67. The minimum absolute atomic E-state index is 0.0302. The van der Waals surface area contributed by atoms with Crippen LogP contribution in [0.5, 0.6) is 0 Å². The quantitative estimate of drug-likeness (QED) is 0.827. The van der Waals surface area contributed by atoms with Crippen LogP contribution in [0.15, 0.2) is 11.4 Å². The van der Waals surface area contributed by atoms with Gasteiger partial charge in [-0.15, -0.1) is 11.3 Å². The van der Waals surface area contributed by atoms with Gasteiger partial charge in [0.25, 0.3) is 0 Å². The van der Waals surface area contributed by atoms with Crippen molar-refractivity contribution in [2.45, 2.75) is 6.10 Å². The molecule has 0 amide bonds. The highest BCUT2D eigenvalue weighted by molar-refractivity contribution is 7.16. The van der Waals surface area contributed by atoms with Crippen molar-refractivity contribution in [3.05, 3.63) is 16.7 Å². The second kappa shape index (κ2) is 6.29. The molecule has 0 bridgehead atoms. The van der Waals surface area contributed by atoms with Crippen LogP contribution >= 0.6 is 22.9 Å². The third kappa shape index (κ3) is 3.08. The molecule has 0 aliphatic heterocycles. The van der Waals surface area contributed by atoms with Gasteiger partial charge in [-0.25, -0.2) is 9.97 Å². The van der Waals surface area contributed by atoms with Crippen LogP contribution in [0.4, 0.5) is 5.82 Å². The lowest BCUT2D eigenvalue weighted by Crippen LogP contribution is -2.27. The summed E-state index contributed by atoms with van der Waals surface area (Å²) in [7, 11) is 3.29. The zero-order chi connectivity index (χ0) is 13.0. The van der Waals surface area contributed by atoms with Crippen molar-refractivity contribution in [2.24, 2.45) is 0 Å². The van der Waals surface area contributed by atoms with Gasteiger partial charge >= 0.3 is 0 Å². The summed E-state index contributed by atoms with van der Waals surface area (Å²) in [5, 5.41) is 6.39. The van der Waals surface area contributed by atoms with Crippen LogP contribution in [-0.4, -0.2) is 43.4 Å². The Hall–Kier alpha value is -0.950.